The molecule has 0 unspecified atom stereocenters. The average molecular weight is 264 g/mol. The van der Waals surface area contributed by atoms with Crippen molar-refractivity contribution in [2.45, 2.75) is 6.92 Å². The lowest BCUT2D eigenvalue weighted by Gasteiger charge is -2.02. The normalized spacial score (nSPS) is 9.22. The van der Waals surface area contributed by atoms with Crippen molar-refractivity contribution >= 4 is 28.7 Å². The van der Waals surface area contributed by atoms with E-state index in [2.05, 4.69) is 21.6 Å². The van der Waals surface area contributed by atoms with E-state index >= 15 is 0 Å². The Balaban J connectivity index is 2.85. The third-order valence-electron chi connectivity index (χ3n) is 1.90. The van der Waals surface area contributed by atoms with Crippen molar-refractivity contribution < 1.29 is 14.3 Å². The van der Waals surface area contributed by atoms with Crippen LogP contribution in [0, 0.1) is 11.8 Å². The summed E-state index contributed by atoms with van der Waals surface area (Å²) in [6, 6.07) is 1.51. The minimum absolute atomic E-state index is 0.00924. The number of methoxy groups -OCH3 is 1. The minimum Gasteiger partial charge on any atom is -0.465 e. The number of hydrogen-bond donors (Lipinski definition) is 1. The highest BCUT2D eigenvalue weighted by Crippen LogP contribution is 2.11. The van der Waals surface area contributed by atoms with E-state index in [1.807, 2.05) is 0 Å². The number of nitrogen functional groups attached to an aromatic ring is 1. The molecule has 0 atom stereocenters. The Kier molecular flexibility index (Phi) is 5.21. The van der Waals surface area contributed by atoms with Crippen molar-refractivity contribution in [1.82, 2.24) is 4.98 Å². The van der Waals surface area contributed by atoms with Gasteiger partial charge in [0.15, 0.2) is 5.12 Å². The second-order valence-electron chi connectivity index (χ2n) is 3.23. The molecule has 1 rings (SSSR count). The predicted octanol–water partition coefficient (Wildman–Crippen LogP) is 1.08. The van der Waals surface area contributed by atoms with Gasteiger partial charge in [-0.1, -0.05) is 23.6 Å². The molecule has 0 aliphatic rings. The van der Waals surface area contributed by atoms with E-state index in [4.69, 9.17) is 5.73 Å². The molecule has 0 spiro atoms. The highest BCUT2D eigenvalue weighted by Gasteiger charge is 2.11. The summed E-state index contributed by atoms with van der Waals surface area (Å²) in [5, 5.41) is 0.00924. The smallest absolute Gasteiger partial charge is 0.341 e. The van der Waals surface area contributed by atoms with Crippen LogP contribution in [0.25, 0.3) is 0 Å². The molecule has 0 saturated carbocycles. The van der Waals surface area contributed by atoms with Gasteiger partial charge in [0, 0.05) is 18.7 Å². The molecule has 1 aromatic heterocycles. The number of hydrogen-bond acceptors (Lipinski definition) is 6. The van der Waals surface area contributed by atoms with E-state index in [0.29, 0.717) is 11.3 Å². The van der Waals surface area contributed by atoms with Crippen LogP contribution >= 0.6 is 11.8 Å². The zero-order chi connectivity index (χ0) is 13.5. The van der Waals surface area contributed by atoms with Gasteiger partial charge in [0.2, 0.25) is 0 Å². The quantitative estimate of drug-likeness (QED) is 0.636. The highest BCUT2D eigenvalue weighted by atomic mass is 32.2. The summed E-state index contributed by atoms with van der Waals surface area (Å²) in [5.74, 6) is 5.54. The Bertz CT molecular complexity index is 532. The van der Waals surface area contributed by atoms with E-state index in [9.17, 15) is 9.59 Å². The highest BCUT2D eigenvalue weighted by molar-refractivity contribution is 8.13. The SMILES string of the molecule is COC(=O)c1cc(C#CCSC(C)=O)cnc1N. The number of aromatic nitrogens is 1. The topological polar surface area (TPSA) is 82.3 Å². The van der Waals surface area contributed by atoms with Crippen LogP contribution in [0.15, 0.2) is 12.3 Å². The Morgan fingerprint density at radius 3 is 2.89 bits per heavy atom. The Morgan fingerprint density at radius 2 is 2.28 bits per heavy atom. The van der Waals surface area contributed by atoms with Gasteiger partial charge in [0.05, 0.1) is 12.9 Å². The maximum absolute atomic E-state index is 11.4. The molecule has 0 aliphatic carbocycles. The fourth-order valence-electron chi connectivity index (χ4n) is 1.09. The monoisotopic (exact) mass is 264 g/mol. The first kappa shape index (κ1) is 14.1. The molecule has 1 heterocycles. The Hall–Kier alpha value is -2.00. The molecule has 0 aromatic carbocycles. The first-order valence-corrected chi connectivity index (χ1v) is 5.99. The molecule has 18 heavy (non-hydrogen) atoms. The molecular formula is C12H12N2O3S. The summed E-state index contributed by atoms with van der Waals surface area (Å²) >= 11 is 1.12. The van der Waals surface area contributed by atoms with Gasteiger partial charge in [0.25, 0.3) is 0 Å². The zero-order valence-corrected chi connectivity index (χ0v) is 10.8. The molecule has 2 N–H and O–H groups in total. The van der Waals surface area contributed by atoms with Gasteiger partial charge in [-0.05, 0) is 6.07 Å². The molecule has 1 aromatic rings. The van der Waals surface area contributed by atoms with Crippen LogP contribution in [0.2, 0.25) is 0 Å². The fourth-order valence-corrected chi connectivity index (χ4v) is 1.44. The van der Waals surface area contributed by atoms with Gasteiger partial charge in [-0.25, -0.2) is 9.78 Å². The maximum Gasteiger partial charge on any atom is 0.341 e. The number of ether oxygens (including phenoxy) is 1. The van der Waals surface area contributed by atoms with Crippen molar-refractivity contribution in [2.75, 3.05) is 18.6 Å². The second-order valence-corrected chi connectivity index (χ2v) is 4.38. The number of thioether (sulfide) groups is 1. The molecule has 0 amide bonds. The van der Waals surface area contributed by atoms with Gasteiger partial charge in [-0.2, -0.15) is 0 Å². The fraction of sp³-hybridized carbons (Fsp3) is 0.250. The van der Waals surface area contributed by atoms with E-state index in [-0.39, 0.29) is 16.5 Å². The number of carbonyl (C=O) groups is 2. The molecule has 0 saturated heterocycles. The van der Waals surface area contributed by atoms with Gasteiger partial charge < -0.3 is 10.5 Å². The van der Waals surface area contributed by atoms with Gasteiger partial charge >= 0.3 is 5.97 Å². The number of pyridine rings is 1. The van der Waals surface area contributed by atoms with Crippen LogP contribution in [-0.2, 0) is 9.53 Å². The van der Waals surface area contributed by atoms with Crippen molar-refractivity contribution in [3.05, 3.63) is 23.4 Å². The van der Waals surface area contributed by atoms with E-state index in [1.165, 1.54) is 26.3 Å². The molecule has 94 valence electrons. The lowest BCUT2D eigenvalue weighted by atomic mass is 10.2. The van der Waals surface area contributed by atoms with Crippen LogP contribution in [0.1, 0.15) is 22.8 Å². The van der Waals surface area contributed by atoms with Crippen LogP contribution in [0.3, 0.4) is 0 Å². The lowest BCUT2D eigenvalue weighted by Crippen LogP contribution is -2.07. The number of carbonyl (C=O) groups excluding carboxylic acids is 2. The van der Waals surface area contributed by atoms with E-state index in [0.717, 1.165) is 11.8 Å². The standard InChI is InChI=1S/C12H12N2O3S/c1-8(15)18-5-3-4-9-6-10(12(16)17-2)11(13)14-7-9/h6-7H,5H2,1-2H3,(H2,13,14). The summed E-state index contributed by atoms with van der Waals surface area (Å²) < 4.78 is 4.57. The van der Waals surface area contributed by atoms with Gasteiger partial charge in [0.1, 0.15) is 11.4 Å². The molecular weight excluding hydrogens is 252 g/mol. The van der Waals surface area contributed by atoms with Crippen LogP contribution in [0.5, 0.6) is 0 Å². The van der Waals surface area contributed by atoms with Gasteiger partial charge in [-0.3, -0.25) is 4.79 Å². The van der Waals surface area contributed by atoms with Crippen molar-refractivity contribution in [3.63, 3.8) is 0 Å². The summed E-state index contributed by atoms with van der Waals surface area (Å²) in [4.78, 5) is 25.9. The van der Waals surface area contributed by atoms with Crippen molar-refractivity contribution in [1.29, 1.82) is 0 Å². The molecule has 0 aliphatic heterocycles. The van der Waals surface area contributed by atoms with Crippen molar-refractivity contribution in [3.8, 4) is 11.8 Å². The average Bonchev–Trinajstić information content (AvgIpc) is 2.35. The summed E-state index contributed by atoms with van der Waals surface area (Å²) in [6.07, 6.45) is 1.47. The number of anilines is 1. The van der Waals surface area contributed by atoms with E-state index in [1.54, 1.807) is 0 Å². The zero-order valence-electron chi connectivity index (χ0n) is 10.0. The minimum atomic E-state index is -0.554. The molecule has 0 radical (unpaired) electrons. The largest absolute Gasteiger partial charge is 0.465 e. The summed E-state index contributed by atoms with van der Waals surface area (Å²) in [6.45, 7) is 1.48. The summed E-state index contributed by atoms with van der Waals surface area (Å²) in [5.41, 5.74) is 6.29. The number of esters is 1. The third-order valence-corrected chi connectivity index (χ3v) is 2.60. The van der Waals surface area contributed by atoms with Crippen molar-refractivity contribution in [2.24, 2.45) is 0 Å². The molecule has 6 heteroatoms. The lowest BCUT2D eigenvalue weighted by molar-refractivity contribution is -0.109. The van der Waals surface area contributed by atoms with E-state index < -0.39 is 5.97 Å². The predicted molar refractivity (Wildman–Crippen MR) is 70.0 cm³/mol. The Labute approximate surface area is 109 Å². The van der Waals surface area contributed by atoms with Crippen LogP contribution in [-0.4, -0.2) is 28.9 Å². The molecule has 5 nitrogen and oxygen atoms in total. The first-order valence-electron chi connectivity index (χ1n) is 5.00. The van der Waals surface area contributed by atoms with Crippen LogP contribution < -0.4 is 5.73 Å². The Morgan fingerprint density at radius 1 is 1.56 bits per heavy atom. The first-order chi connectivity index (χ1) is 8.54. The van der Waals surface area contributed by atoms with Crippen LogP contribution in [0.4, 0.5) is 5.82 Å². The van der Waals surface area contributed by atoms with Gasteiger partial charge in [-0.15, -0.1) is 0 Å². The summed E-state index contributed by atoms with van der Waals surface area (Å²) in [7, 11) is 1.27. The molecule has 0 fully saturated rings. The second kappa shape index (κ2) is 6.67. The molecule has 0 bridgehead atoms. The maximum atomic E-state index is 11.4. The number of nitrogens with two attached hydrogens (primary N) is 1. The number of nitrogens with zero attached hydrogens (tertiary/aromatic N) is 1. The number of rotatable bonds is 2. The third kappa shape index (κ3) is 4.11.